The lowest BCUT2D eigenvalue weighted by Gasteiger charge is -2.05. The maximum absolute atomic E-state index is 11.4. The Labute approximate surface area is 109 Å². The third kappa shape index (κ3) is 1.87. The first-order valence-electron chi connectivity index (χ1n) is 5.76. The monoisotopic (exact) mass is 247 g/mol. The highest BCUT2D eigenvalue weighted by molar-refractivity contribution is 5.94. The average molecular weight is 247 g/mol. The molecule has 0 fully saturated rings. The number of aromatic nitrogens is 2. The standard InChI is InChI=1S/C15H9N3O/c16-8-11-7-12(9-18-15(11)19)14-13-4-2-1-3-10(13)5-6-17-14/h1-7,9H,(H,18,19). The Hall–Kier alpha value is -2.93. The number of hydrogen-bond acceptors (Lipinski definition) is 3. The lowest BCUT2D eigenvalue weighted by Crippen LogP contribution is -2.09. The van der Waals surface area contributed by atoms with Gasteiger partial charge in [-0.1, -0.05) is 24.3 Å². The minimum atomic E-state index is -0.383. The molecule has 3 rings (SSSR count). The van der Waals surface area contributed by atoms with Crippen LogP contribution in [0.5, 0.6) is 0 Å². The number of hydrogen-bond donors (Lipinski definition) is 1. The second-order valence-corrected chi connectivity index (χ2v) is 4.12. The van der Waals surface area contributed by atoms with Gasteiger partial charge in [0.25, 0.3) is 5.56 Å². The molecule has 0 amide bonds. The predicted octanol–water partition coefficient (Wildman–Crippen LogP) is 2.46. The Morgan fingerprint density at radius 3 is 2.89 bits per heavy atom. The van der Waals surface area contributed by atoms with E-state index >= 15 is 0 Å². The molecule has 3 aromatic rings. The topological polar surface area (TPSA) is 69.5 Å². The van der Waals surface area contributed by atoms with Crippen molar-refractivity contribution in [3.8, 4) is 17.3 Å². The number of benzene rings is 1. The number of pyridine rings is 2. The summed E-state index contributed by atoms with van der Waals surface area (Å²) in [7, 11) is 0. The summed E-state index contributed by atoms with van der Waals surface area (Å²) in [6.45, 7) is 0. The maximum Gasteiger partial charge on any atom is 0.265 e. The van der Waals surface area contributed by atoms with Crippen LogP contribution in [0.25, 0.3) is 22.0 Å². The highest BCUT2D eigenvalue weighted by Crippen LogP contribution is 2.25. The molecule has 90 valence electrons. The number of H-pyrrole nitrogens is 1. The number of rotatable bonds is 1. The van der Waals surface area contributed by atoms with Crippen LogP contribution in [0, 0.1) is 11.3 Å². The van der Waals surface area contributed by atoms with Gasteiger partial charge in [-0.15, -0.1) is 0 Å². The molecule has 0 saturated carbocycles. The van der Waals surface area contributed by atoms with Gasteiger partial charge in [0, 0.05) is 23.3 Å². The first-order chi connectivity index (χ1) is 9.29. The van der Waals surface area contributed by atoms with Gasteiger partial charge in [-0.3, -0.25) is 9.78 Å². The Morgan fingerprint density at radius 1 is 1.21 bits per heavy atom. The largest absolute Gasteiger partial charge is 0.327 e. The highest BCUT2D eigenvalue weighted by Gasteiger charge is 2.07. The van der Waals surface area contributed by atoms with Gasteiger partial charge in [-0.05, 0) is 17.5 Å². The van der Waals surface area contributed by atoms with E-state index in [0.717, 1.165) is 22.0 Å². The molecule has 1 aromatic carbocycles. The predicted molar refractivity (Wildman–Crippen MR) is 72.5 cm³/mol. The van der Waals surface area contributed by atoms with Crippen LogP contribution in [0.2, 0.25) is 0 Å². The minimum absolute atomic E-state index is 0.0900. The zero-order chi connectivity index (χ0) is 13.2. The van der Waals surface area contributed by atoms with Crippen molar-refractivity contribution >= 4 is 10.8 Å². The van der Waals surface area contributed by atoms with Crippen LogP contribution in [0.1, 0.15) is 5.56 Å². The van der Waals surface area contributed by atoms with Crippen LogP contribution in [-0.2, 0) is 0 Å². The SMILES string of the molecule is N#Cc1cc(-c2nccc3ccccc23)c[nH]c1=O. The molecule has 0 bridgehead atoms. The lowest BCUT2D eigenvalue weighted by atomic mass is 10.0. The number of fused-ring (bicyclic) bond motifs is 1. The maximum atomic E-state index is 11.4. The van der Waals surface area contributed by atoms with Crippen molar-refractivity contribution in [3.63, 3.8) is 0 Å². The van der Waals surface area contributed by atoms with E-state index in [9.17, 15) is 4.79 Å². The zero-order valence-corrected chi connectivity index (χ0v) is 9.92. The first-order valence-corrected chi connectivity index (χ1v) is 5.76. The van der Waals surface area contributed by atoms with E-state index in [1.807, 2.05) is 36.4 Å². The Balaban J connectivity index is 2.31. The molecule has 1 N–H and O–H groups in total. The Morgan fingerprint density at radius 2 is 2.05 bits per heavy atom. The van der Waals surface area contributed by atoms with Gasteiger partial charge in [0.2, 0.25) is 0 Å². The first kappa shape index (κ1) is 11.2. The highest BCUT2D eigenvalue weighted by atomic mass is 16.1. The fraction of sp³-hybridized carbons (Fsp3) is 0. The molecule has 0 aliphatic carbocycles. The smallest absolute Gasteiger partial charge is 0.265 e. The van der Waals surface area contributed by atoms with E-state index in [4.69, 9.17) is 5.26 Å². The summed E-state index contributed by atoms with van der Waals surface area (Å²) in [5.41, 5.74) is 1.19. The molecule has 19 heavy (non-hydrogen) atoms. The number of nitrogens with one attached hydrogen (secondary N) is 1. The Kier molecular flexibility index (Phi) is 2.58. The van der Waals surface area contributed by atoms with E-state index in [2.05, 4.69) is 9.97 Å². The van der Waals surface area contributed by atoms with Gasteiger partial charge in [0.05, 0.1) is 5.69 Å². The molecular formula is C15H9N3O. The number of nitrogens with zero attached hydrogens (tertiary/aromatic N) is 2. The van der Waals surface area contributed by atoms with Crippen LogP contribution in [0.15, 0.2) is 53.6 Å². The van der Waals surface area contributed by atoms with Gasteiger partial charge in [-0.2, -0.15) is 5.26 Å². The second kappa shape index (κ2) is 4.39. The fourth-order valence-corrected chi connectivity index (χ4v) is 2.05. The van der Waals surface area contributed by atoms with Gasteiger partial charge in [0.1, 0.15) is 11.6 Å². The third-order valence-corrected chi connectivity index (χ3v) is 2.97. The van der Waals surface area contributed by atoms with Crippen molar-refractivity contribution in [3.05, 3.63) is 64.7 Å². The molecule has 0 unspecified atom stereocenters. The molecule has 0 radical (unpaired) electrons. The van der Waals surface area contributed by atoms with E-state index in [0.29, 0.717) is 0 Å². The summed E-state index contributed by atoms with van der Waals surface area (Å²) in [5, 5.41) is 11.0. The summed E-state index contributed by atoms with van der Waals surface area (Å²) in [5.74, 6) is 0. The van der Waals surface area contributed by atoms with Crippen molar-refractivity contribution in [2.24, 2.45) is 0 Å². The second-order valence-electron chi connectivity index (χ2n) is 4.12. The molecule has 4 heteroatoms. The average Bonchev–Trinajstić information content (AvgIpc) is 2.47. The quantitative estimate of drug-likeness (QED) is 0.718. The van der Waals surface area contributed by atoms with Crippen LogP contribution in [0.4, 0.5) is 0 Å². The summed E-state index contributed by atoms with van der Waals surface area (Å²) < 4.78 is 0. The van der Waals surface area contributed by atoms with Crippen molar-refractivity contribution in [1.29, 1.82) is 5.26 Å². The number of nitriles is 1. The van der Waals surface area contributed by atoms with Gasteiger partial charge >= 0.3 is 0 Å². The van der Waals surface area contributed by atoms with Gasteiger partial charge in [-0.25, -0.2) is 0 Å². The summed E-state index contributed by atoms with van der Waals surface area (Å²) in [4.78, 5) is 18.3. The van der Waals surface area contributed by atoms with Crippen molar-refractivity contribution in [2.75, 3.05) is 0 Å². The lowest BCUT2D eigenvalue weighted by molar-refractivity contribution is 1.21. The summed E-state index contributed by atoms with van der Waals surface area (Å²) in [6, 6.07) is 13.2. The van der Waals surface area contributed by atoms with E-state index < -0.39 is 0 Å². The van der Waals surface area contributed by atoms with Crippen LogP contribution >= 0.6 is 0 Å². The molecule has 0 spiro atoms. The number of aromatic amines is 1. The van der Waals surface area contributed by atoms with Crippen molar-refractivity contribution in [2.45, 2.75) is 0 Å². The summed E-state index contributed by atoms with van der Waals surface area (Å²) in [6.07, 6.45) is 3.30. The molecule has 0 aliphatic rings. The summed E-state index contributed by atoms with van der Waals surface area (Å²) >= 11 is 0. The Bertz CT molecular complexity index is 854. The van der Waals surface area contributed by atoms with E-state index in [-0.39, 0.29) is 11.1 Å². The molecular weight excluding hydrogens is 238 g/mol. The zero-order valence-electron chi connectivity index (χ0n) is 9.92. The van der Waals surface area contributed by atoms with E-state index in [1.54, 1.807) is 18.5 Å². The normalized spacial score (nSPS) is 10.3. The van der Waals surface area contributed by atoms with E-state index in [1.165, 1.54) is 0 Å². The molecule has 4 nitrogen and oxygen atoms in total. The molecule has 2 aromatic heterocycles. The van der Waals surface area contributed by atoms with Crippen LogP contribution < -0.4 is 5.56 Å². The van der Waals surface area contributed by atoms with Gasteiger partial charge in [0.15, 0.2) is 0 Å². The van der Waals surface area contributed by atoms with Crippen LogP contribution in [-0.4, -0.2) is 9.97 Å². The molecule has 0 atom stereocenters. The van der Waals surface area contributed by atoms with Crippen molar-refractivity contribution < 1.29 is 0 Å². The molecule has 2 heterocycles. The minimum Gasteiger partial charge on any atom is -0.327 e. The van der Waals surface area contributed by atoms with Crippen molar-refractivity contribution in [1.82, 2.24) is 9.97 Å². The molecule has 0 aliphatic heterocycles. The fourth-order valence-electron chi connectivity index (χ4n) is 2.05. The third-order valence-electron chi connectivity index (χ3n) is 2.97. The van der Waals surface area contributed by atoms with Gasteiger partial charge < -0.3 is 4.98 Å². The molecule has 0 saturated heterocycles. The van der Waals surface area contributed by atoms with Crippen LogP contribution in [0.3, 0.4) is 0 Å².